The van der Waals surface area contributed by atoms with Crippen LogP contribution in [-0.2, 0) is 17.9 Å². The van der Waals surface area contributed by atoms with E-state index < -0.39 is 12.0 Å². The van der Waals surface area contributed by atoms with E-state index in [1.165, 1.54) is 16.2 Å². The van der Waals surface area contributed by atoms with E-state index in [2.05, 4.69) is 26.1 Å². The summed E-state index contributed by atoms with van der Waals surface area (Å²) in [6.45, 7) is 2.08. The molecule has 0 aliphatic carbocycles. The number of aromatic nitrogens is 3. The molecule has 2 aromatic rings. The van der Waals surface area contributed by atoms with Crippen molar-refractivity contribution in [2.45, 2.75) is 26.1 Å². The molecule has 1 atom stereocenters. The standard InChI is InChI=1S/C12H11BrN4O3S/c1-6-14-15-10-4-17(8(12(19)20)3-16(6)10)11(18)7-2-9(13)21-5-7/h2,5,8H,3-4H2,1H3,(H,19,20). The average Bonchev–Trinajstić information content (AvgIpc) is 3.03. The summed E-state index contributed by atoms with van der Waals surface area (Å²) in [6.07, 6.45) is 0. The number of aliphatic carboxylic acids is 1. The molecular weight excluding hydrogens is 360 g/mol. The molecule has 21 heavy (non-hydrogen) atoms. The first kappa shape index (κ1) is 14.2. The van der Waals surface area contributed by atoms with Gasteiger partial charge in [0.1, 0.15) is 11.9 Å². The maximum absolute atomic E-state index is 12.5. The van der Waals surface area contributed by atoms with Crippen molar-refractivity contribution in [3.05, 3.63) is 32.4 Å². The summed E-state index contributed by atoms with van der Waals surface area (Å²) in [4.78, 5) is 25.4. The van der Waals surface area contributed by atoms with Crippen LogP contribution in [0.25, 0.3) is 0 Å². The first-order chi connectivity index (χ1) is 9.97. The SMILES string of the molecule is Cc1nnc2n1CC(C(=O)O)N(C(=O)c1csc(Br)c1)C2. The Bertz CT molecular complexity index is 726. The molecule has 2 aromatic heterocycles. The van der Waals surface area contributed by atoms with Crippen molar-refractivity contribution in [3.8, 4) is 0 Å². The Hall–Kier alpha value is -1.74. The van der Waals surface area contributed by atoms with E-state index >= 15 is 0 Å². The summed E-state index contributed by atoms with van der Waals surface area (Å²) < 4.78 is 2.57. The van der Waals surface area contributed by atoms with Crippen LogP contribution in [0.4, 0.5) is 0 Å². The van der Waals surface area contributed by atoms with Gasteiger partial charge in [-0.1, -0.05) is 0 Å². The maximum atomic E-state index is 12.5. The highest BCUT2D eigenvalue weighted by molar-refractivity contribution is 9.11. The van der Waals surface area contributed by atoms with Gasteiger partial charge in [0, 0.05) is 5.38 Å². The third-order valence-electron chi connectivity index (χ3n) is 3.42. The normalized spacial score (nSPS) is 17.6. The Labute approximate surface area is 132 Å². The van der Waals surface area contributed by atoms with Gasteiger partial charge in [0.05, 0.1) is 22.4 Å². The number of carboxylic acid groups (broad SMARTS) is 1. The van der Waals surface area contributed by atoms with Crippen molar-refractivity contribution >= 4 is 39.1 Å². The van der Waals surface area contributed by atoms with E-state index in [-0.39, 0.29) is 19.0 Å². The highest BCUT2D eigenvalue weighted by Crippen LogP contribution is 2.25. The van der Waals surface area contributed by atoms with Gasteiger partial charge >= 0.3 is 5.97 Å². The van der Waals surface area contributed by atoms with Gasteiger partial charge < -0.3 is 14.6 Å². The van der Waals surface area contributed by atoms with Crippen LogP contribution in [0.3, 0.4) is 0 Å². The Morgan fingerprint density at radius 3 is 2.86 bits per heavy atom. The maximum Gasteiger partial charge on any atom is 0.328 e. The van der Waals surface area contributed by atoms with Gasteiger partial charge in [-0.2, -0.15) is 0 Å². The van der Waals surface area contributed by atoms with E-state index in [0.717, 1.165) is 3.79 Å². The minimum atomic E-state index is -1.03. The van der Waals surface area contributed by atoms with Crippen molar-refractivity contribution in [2.75, 3.05) is 0 Å². The second kappa shape index (κ2) is 5.23. The summed E-state index contributed by atoms with van der Waals surface area (Å²) in [5.74, 6) is -0.0816. The lowest BCUT2D eigenvalue weighted by Gasteiger charge is -2.33. The summed E-state index contributed by atoms with van der Waals surface area (Å²) >= 11 is 4.69. The molecule has 0 bridgehead atoms. The Morgan fingerprint density at radius 2 is 2.24 bits per heavy atom. The summed E-state index contributed by atoms with van der Waals surface area (Å²) in [5.41, 5.74) is 0.475. The lowest BCUT2D eigenvalue weighted by Crippen LogP contribution is -2.50. The summed E-state index contributed by atoms with van der Waals surface area (Å²) in [6, 6.07) is 0.773. The van der Waals surface area contributed by atoms with Crippen molar-refractivity contribution in [1.82, 2.24) is 19.7 Å². The number of nitrogens with zero attached hydrogens (tertiary/aromatic N) is 4. The first-order valence-electron chi connectivity index (χ1n) is 6.14. The Balaban J connectivity index is 1.96. The smallest absolute Gasteiger partial charge is 0.328 e. The van der Waals surface area contributed by atoms with Gasteiger partial charge in [-0.15, -0.1) is 21.5 Å². The number of rotatable bonds is 2. The summed E-state index contributed by atoms with van der Waals surface area (Å²) in [5, 5.41) is 19.1. The molecule has 1 unspecified atom stereocenters. The van der Waals surface area contributed by atoms with Crippen LogP contribution >= 0.6 is 27.3 Å². The molecule has 0 saturated heterocycles. The van der Waals surface area contributed by atoms with Crippen molar-refractivity contribution in [2.24, 2.45) is 0 Å². The minimum Gasteiger partial charge on any atom is -0.480 e. The van der Waals surface area contributed by atoms with Gasteiger partial charge in [0.15, 0.2) is 5.82 Å². The van der Waals surface area contributed by atoms with Gasteiger partial charge in [-0.05, 0) is 28.9 Å². The highest BCUT2D eigenvalue weighted by atomic mass is 79.9. The lowest BCUT2D eigenvalue weighted by molar-refractivity contribution is -0.143. The number of thiophene rings is 1. The van der Waals surface area contributed by atoms with Crippen LogP contribution < -0.4 is 0 Å². The fraction of sp³-hybridized carbons (Fsp3) is 0.333. The van der Waals surface area contributed by atoms with Gasteiger partial charge in [-0.25, -0.2) is 4.79 Å². The molecule has 3 rings (SSSR count). The zero-order chi connectivity index (χ0) is 15.1. The topological polar surface area (TPSA) is 88.3 Å². The third kappa shape index (κ3) is 2.46. The first-order valence-corrected chi connectivity index (χ1v) is 7.81. The number of amides is 1. The molecule has 110 valence electrons. The molecule has 3 heterocycles. The van der Waals surface area contributed by atoms with Crippen LogP contribution in [0.15, 0.2) is 15.2 Å². The molecule has 1 aliphatic heterocycles. The molecule has 0 aromatic carbocycles. The lowest BCUT2D eigenvalue weighted by atomic mass is 10.1. The Kier molecular flexibility index (Phi) is 3.54. The predicted octanol–water partition coefficient (Wildman–Crippen LogP) is 1.52. The van der Waals surface area contributed by atoms with Gasteiger partial charge in [-0.3, -0.25) is 4.79 Å². The number of halogens is 1. The molecular formula is C12H11BrN4O3S. The van der Waals surface area contributed by atoms with E-state index in [1.54, 1.807) is 22.9 Å². The minimum absolute atomic E-state index is 0.143. The van der Waals surface area contributed by atoms with E-state index in [4.69, 9.17) is 0 Å². The molecule has 7 nitrogen and oxygen atoms in total. The second-order valence-electron chi connectivity index (χ2n) is 4.70. The molecule has 9 heteroatoms. The Morgan fingerprint density at radius 1 is 1.48 bits per heavy atom. The zero-order valence-electron chi connectivity index (χ0n) is 11.0. The monoisotopic (exact) mass is 370 g/mol. The number of fused-ring (bicyclic) bond motifs is 1. The molecule has 0 fully saturated rings. The molecule has 0 saturated carbocycles. The predicted molar refractivity (Wildman–Crippen MR) is 78.1 cm³/mol. The molecule has 0 spiro atoms. The van der Waals surface area contributed by atoms with Crippen molar-refractivity contribution in [3.63, 3.8) is 0 Å². The van der Waals surface area contributed by atoms with Crippen LogP contribution in [0.2, 0.25) is 0 Å². The largest absolute Gasteiger partial charge is 0.480 e. The third-order valence-corrected chi connectivity index (χ3v) is 4.92. The van der Waals surface area contributed by atoms with Crippen molar-refractivity contribution < 1.29 is 14.7 Å². The number of aryl methyl sites for hydroxylation is 1. The molecule has 1 amide bonds. The number of carbonyl (C=O) groups is 2. The number of hydrogen-bond acceptors (Lipinski definition) is 5. The van der Waals surface area contributed by atoms with Crippen LogP contribution in [0, 0.1) is 6.92 Å². The van der Waals surface area contributed by atoms with E-state index in [9.17, 15) is 14.7 Å². The quantitative estimate of drug-likeness (QED) is 0.865. The van der Waals surface area contributed by atoms with Crippen LogP contribution in [0.5, 0.6) is 0 Å². The van der Waals surface area contributed by atoms with Gasteiger partial charge in [0.25, 0.3) is 5.91 Å². The molecule has 0 radical (unpaired) electrons. The highest BCUT2D eigenvalue weighted by Gasteiger charge is 2.36. The van der Waals surface area contributed by atoms with E-state index in [1.807, 2.05) is 0 Å². The van der Waals surface area contributed by atoms with Crippen LogP contribution in [0.1, 0.15) is 22.0 Å². The number of hydrogen-bond donors (Lipinski definition) is 1. The number of carboxylic acids is 1. The zero-order valence-corrected chi connectivity index (χ0v) is 13.4. The second-order valence-corrected chi connectivity index (χ2v) is 6.99. The summed E-state index contributed by atoms with van der Waals surface area (Å²) in [7, 11) is 0. The van der Waals surface area contributed by atoms with Crippen molar-refractivity contribution in [1.29, 1.82) is 0 Å². The van der Waals surface area contributed by atoms with Gasteiger partial charge in [0.2, 0.25) is 0 Å². The molecule has 1 aliphatic rings. The molecule has 1 N–H and O–H groups in total. The van der Waals surface area contributed by atoms with E-state index in [0.29, 0.717) is 17.2 Å². The fourth-order valence-electron chi connectivity index (χ4n) is 2.33. The van der Waals surface area contributed by atoms with Crippen LogP contribution in [-0.4, -0.2) is 42.7 Å². The average molecular weight is 371 g/mol. The fourth-order valence-corrected chi connectivity index (χ4v) is 3.46. The number of carbonyl (C=O) groups excluding carboxylic acids is 1.